The largest absolute Gasteiger partial charge is 0.497 e. The smallest absolute Gasteiger partial charge is 0.251 e. The van der Waals surface area contributed by atoms with Crippen molar-refractivity contribution in [1.82, 2.24) is 15.3 Å². The lowest BCUT2D eigenvalue weighted by atomic mass is 9.97. The second-order valence-corrected chi connectivity index (χ2v) is 7.71. The van der Waals surface area contributed by atoms with Crippen molar-refractivity contribution in [3.05, 3.63) is 78.1 Å². The van der Waals surface area contributed by atoms with E-state index in [4.69, 9.17) is 9.47 Å². The number of ether oxygens (including phenoxy) is 2. The van der Waals surface area contributed by atoms with Crippen LogP contribution < -0.4 is 14.8 Å². The summed E-state index contributed by atoms with van der Waals surface area (Å²) in [5.74, 6) is 1.76. The van der Waals surface area contributed by atoms with Crippen LogP contribution in [0.1, 0.15) is 42.5 Å². The average Bonchev–Trinajstić information content (AvgIpc) is 2.85. The maximum absolute atomic E-state index is 12.6. The van der Waals surface area contributed by atoms with Gasteiger partial charge in [0.05, 0.1) is 12.8 Å². The van der Waals surface area contributed by atoms with Crippen LogP contribution >= 0.6 is 0 Å². The Balaban J connectivity index is 1.41. The zero-order valence-corrected chi connectivity index (χ0v) is 18.2. The van der Waals surface area contributed by atoms with E-state index < -0.39 is 0 Å². The van der Waals surface area contributed by atoms with Gasteiger partial charge in [-0.05, 0) is 68.5 Å². The minimum absolute atomic E-state index is 0.0768. The lowest BCUT2D eigenvalue weighted by molar-refractivity contribution is 0.0954. The molecule has 2 aromatic carbocycles. The van der Waals surface area contributed by atoms with Crippen molar-refractivity contribution in [3.63, 3.8) is 0 Å². The van der Waals surface area contributed by atoms with E-state index >= 15 is 0 Å². The number of hydrogen-bond donors (Lipinski definition) is 1. The van der Waals surface area contributed by atoms with Gasteiger partial charge in [0.1, 0.15) is 17.8 Å². The molecular formula is C26H27N3O3. The molecule has 1 aliphatic rings. The van der Waals surface area contributed by atoms with Crippen LogP contribution in [0.25, 0.3) is 11.3 Å². The Kier molecular flexibility index (Phi) is 7.12. The third-order valence-electron chi connectivity index (χ3n) is 5.46. The molecule has 0 atom stereocenters. The highest BCUT2D eigenvalue weighted by atomic mass is 16.5. The highest BCUT2D eigenvalue weighted by molar-refractivity contribution is 5.95. The monoisotopic (exact) mass is 429 g/mol. The first kappa shape index (κ1) is 21.6. The zero-order chi connectivity index (χ0) is 22.2. The van der Waals surface area contributed by atoms with Crippen LogP contribution in [-0.2, 0) is 0 Å². The Hall–Kier alpha value is -3.67. The molecule has 0 spiro atoms. The molecule has 6 heteroatoms. The van der Waals surface area contributed by atoms with E-state index in [1.807, 2.05) is 48.5 Å². The van der Waals surface area contributed by atoms with Gasteiger partial charge in [-0.2, -0.15) is 0 Å². The molecule has 1 aromatic heterocycles. The number of nitrogens with zero attached hydrogens (tertiary/aromatic N) is 2. The zero-order valence-electron chi connectivity index (χ0n) is 18.2. The minimum Gasteiger partial charge on any atom is -0.497 e. The lowest BCUT2D eigenvalue weighted by Crippen LogP contribution is -2.24. The Bertz CT molecular complexity index is 1090. The van der Waals surface area contributed by atoms with Gasteiger partial charge < -0.3 is 14.8 Å². The summed E-state index contributed by atoms with van der Waals surface area (Å²) in [7, 11) is 1.62. The van der Waals surface area contributed by atoms with Gasteiger partial charge in [0.25, 0.3) is 5.91 Å². The summed E-state index contributed by atoms with van der Waals surface area (Å²) in [4.78, 5) is 21.2. The van der Waals surface area contributed by atoms with Crippen molar-refractivity contribution >= 4 is 5.91 Å². The Morgan fingerprint density at radius 2 is 1.88 bits per heavy atom. The topological polar surface area (TPSA) is 73.3 Å². The second kappa shape index (κ2) is 10.6. The van der Waals surface area contributed by atoms with Gasteiger partial charge >= 0.3 is 0 Å². The summed E-state index contributed by atoms with van der Waals surface area (Å²) >= 11 is 0. The SMILES string of the molecule is COc1ccc(Oc2cc(-c3cccc(C(=O)NCCC4=CCCCC4)c3)ncn2)cc1. The Labute approximate surface area is 188 Å². The predicted molar refractivity (Wildman–Crippen MR) is 124 cm³/mol. The van der Waals surface area contributed by atoms with Gasteiger partial charge in [-0.1, -0.05) is 23.8 Å². The van der Waals surface area contributed by atoms with Crippen LogP contribution in [0.4, 0.5) is 0 Å². The van der Waals surface area contributed by atoms with Crippen LogP contribution in [0.3, 0.4) is 0 Å². The number of hydrogen-bond acceptors (Lipinski definition) is 5. The van der Waals surface area contributed by atoms with Crippen LogP contribution in [0, 0.1) is 0 Å². The molecule has 4 rings (SSSR count). The van der Waals surface area contributed by atoms with Gasteiger partial charge in [0.2, 0.25) is 5.88 Å². The van der Waals surface area contributed by atoms with Crippen molar-refractivity contribution in [3.8, 4) is 28.6 Å². The molecule has 0 bridgehead atoms. The molecule has 0 aliphatic heterocycles. The summed E-state index contributed by atoms with van der Waals surface area (Å²) in [5.41, 5.74) is 3.58. The summed E-state index contributed by atoms with van der Waals surface area (Å²) in [6.45, 7) is 0.655. The summed E-state index contributed by atoms with van der Waals surface area (Å²) < 4.78 is 11.0. The molecule has 1 heterocycles. The van der Waals surface area contributed by atoms with E-state index in [0.29, 0.717) is 29.4 Å². The van der Waals surface area contributed by atoms with Crippen molar-refractivity contribution in [1.29, 1.82) is 0 Å². The van der Waals surface area contributed by atoms with E-state index in [1.54, 1.807) is 13.2 Å². The van der Waals surface area contributed by atoms with Gasteiger partial charge in [-0.3, -0.25) is 4.79 Å². The maximum atomic E-state index is 12.6. The van der Waals surface area contributed by atoms with Crippen molar-refractivity contribution in [2.75, 3.05) is 13.7 Å². The molecule has 0 saturated carbocycles. The molecule has 164 valence electrons. The highest BCUT2D eigenvalue weighted by Crippen LogP contribution is 2.26. The normalized spacial score (nSPS) is 13.2. The van der Waals surface area contributed by atoms with Crippen LogP contribution in [0.2, 0.25) is 0 Å². The lowest BCUT2D eigenvalue weighted by Gasteiger charge is -2.13. The predicted octanol–water partition coefficient (Wildman–Crippen LogP) is 5.56. The molecule has 0 unspecified atom stereocenters. The van der Waals surface area contributed by atoms with Gasteiger partial charge in [-0.15, -0.1) is 0 Å². The number of methoxy groups -OCH3 is 1. The fourth-order valence-electron chi connectivity index (χ4n) is 3.71. The molecule has 0 saturated heterocycles. The van der Waals surface area contributed by atoms with E-state index in [2.05, 4.69) is 21.4 Å². The number of rotatable bonds is 8. The quantitative estimate of drug-likeness (QED) is 0.474. The average molecular weight is 430 g/mol. The molecule has 0 fully saturated rings. The number of allylic oxidation sites excluding steroid dienone is 1. The van der Waals surface area contributed by atoms with Gasteiger partial charge in [0, 0.05) is 23.7 Å². The molecule has 0 radical (unpaired) electrons. The van der Waals surface area contributed by atoms with Crippen LogP contribution in [0.15, 0.2) is 72.6 Å². The first-order valence-corrected chi connectivity index (χ1v) is 10.9. The molecule has 1 amide bonds. The number of carbonyl (C=O) groups is 1. The van der Waals surface area contributed by atoms with Crippen LogP contribution in [-0.4, -0.2) is 29.5 Å². The first-order chi connectivity index (χ1) is 15.7. The molecule has 32 heavy (non-hydrogen) atoms. The van der Waals surface area contributed by atoms with E-state index in [1.165, 1.54) is 24.7 Å². The van der Waals surface area contributed by atoms with E-state index in [-0.39, 0.29) is 5.91 Å². The Morgan fingerprint density at radius 1 is 1.03 bits per heavy atom. The minimum atomic E-state index is -0.0768. The first-order valence-electron chi connectivity index (χ1n) is 10.9. The third-order valence-corrected chi connectivity index (χ3v) is 5.46. The molecule has 3 aromatic rings. The summed E-state index contributed by atoms with van der Waals surface area (Å²) in [6, 6.07) is 16.5. The number of aromatic nitrogens is 2. The molecular weight excluding hydrogens is 402 g/mol. The molecule has 1 N–H and O–H groups in total. The van der Waals surface area contributed by atoms with Crippen molar-refractivity contribution < 1.29 is 14.3 Å². The van der Waals surface area contributed by atoms with Crippen molar-refractivity contribution in [2.45, 2.75) is 32.1 Å². The standard InChI is InChI=1S/C26H27N3O3/c1-31-22-10-12-23(13-11-22)32-25-17-24(28-18-29-25)20-8-5-9-21(16-20)26(30)27-15-14-19-6-3-2-4-7-19/h5-6,8-13,16-18H,2-4,7,14-15H2,1H3,(H,27,30). The number of amides is 1. The number of nitrogens with one attached hydrogen (secondary N) is 1. The second-order valence-electron chi connectivity index (χ2n) is 7.71. The summed E-state index contributed by atoms with van der Waals surface area (Å²) in [5, 5.41) is 3.03. The van der Waals surface area contributed by atoms with Crippen LogP contribution in [0.5, 0.6) is 17.4 Å². The van der Waals surface area contributed by atoms with E-state index in [0.717, 1.165) is 30.6 Å². The highest BCUT2D eigenvalue weighted by Gasteiger charge is 2.10. The molecule has 1 aliphatic carbocycles. The fraction of sp³-hybridized carbons (Fsp3) is 0.269. The molecule has 6 nitrogen and oxygen atoms in total. The third kappa shape index (κ3) is 5.72. The number of benzene rings is 2. The van der Waals surface area contributed by atoms with Gasteiger partial charge in [-0.25, -0.2) is 9.97 Å². The fourth-order valence-corrected chi connectivity index (χ4v) is 3.71. The van der Waals surface area contributed by atoms with Crippen molar-refractivity contribution in [2.24, 2.45) is 0 Å². The maximum Gasteiger partial charge on any atom is 0.251 e. The summed E-state index contributed by atoms with van der Waals surface area (Å²) in [6.07, 6.45) is 9.54. The van der Waals surface area contributed by atoms with Gasteiger partial charge in [0.15, 0.2) is 0 Å². The van der Waals surface area contributed by atoms with E-state index in [9.17, 15) is 4.79 Å². The number of carbonyl (C=O) groups excluding carboxylic acids is 1. The Morgan fingerprint density at radius 3 is 2.66 bits per heavy atom.